The minimum atomic E-state index is -3.17. The highest BCUT2D eigenvalue weighted by molar-refractivity contribution is 5.87. The first-order valence-corrected chi connectivity index (χ1v) is 21.5. The number of amides is 4. The number of imidazole rings is 2. The second-order valence-electron chi connectivity index (χ2n) is 18.0. The van der Waals surface area contributed by atoms with Gasteiger partial charge in [0.2, 0.25) is 11.8 Å². The Morgan fingerprint density at radius 2 is 1.08 bits per heavy atom. The standard InChI is InChI=1S/C45H53F4N9O6/c1-22(2)36(54-42(61)63-6)40(59)57-20-44(46,47)16-32(57)38-50-18-28(52-38)25-10-8-24(9-11-25)26-12-13-27(35-31-15-14-30(34(26)35)56(31)5)29-19-51-39(53-29)33-17-45(48,49)21-58(33)41(60)37(23(3)4)55-43(62)64-7/h8-13,18-19,22-23,30-33,36-37H,14-17,20-21H2,1-7H3,(H,50,52)(H,51,53)(H,54,61)(H,55,62)/t30?,31?,32-,33?,36-,37-/m0/s1. The fourth-order valence-electron chi connectivity index (χ4n) is 9.94. The smallest absolute Gasteiger partial charge is 0.407 e. The van der Waals surface area contributed by atoms with Gasteiger partial charge in [0.25, 0.3) is 11.8 Å². The van der Waals surface area contributed by atoms with E-state index in [1.807, 2.05) is 36.4 Å². The van der Waals surface area contributed by atoms with Gasteiger partial charge in [0.05, 0.1) is 63.2 Å². The van der Waals surface area contributed by atoms with Gasteiger partial charge in [0, 0.05) is 30.5 Å². The van der Waals surface area contributed by atoms with Crippen molar-refractivity contribution in [2.24, 2.45) is 11.8 Å². The maximum absolute atomic E-state index is 15.1. The van der Waals surface area contributed by atoms with E-state index in [0.717, 1.165) is 63.1 Å². The van der Waals surface area contributed by atoms with Crippen molar-refractivity contribution >= 4 is 24.0 Å². The zero-order valence-corrected chi connectivity index (χ0v) is 36.7. The summed E-state index contributed by atoms with van der Waals surface area (Å²) in [6.45, 7) is 5.22. The van der Waals surface area contributed by atoms with E-state index in [4.69, 9.17) is 4.74 Å². The number of alkyl halides is 4. The van der Waals surface area contributed by atoms with Crippen LogP contribution >= 0.6 is 0 Å². The molecule has 342 valence electrons. The van der Waals surface area contributed by atoms with Crippen LogP contribution in [0.1, 0.15) is 100 Å². The molecule has 19 heteroatoms. The largest absolute Gasteiger partial charge is 0.453 e. The average Bonchev–Trinajstić information content (AvgIpc) is 4.13. The van der Waals surface area contributed by atoms with Gasteiger partial charge in [0.15, 0.2) is 0 Å². The number of rotatable bonds is 11. The molecule has 6 heterocycles. The first-order valence-electron chi connectivity index (χ1n) is 21.5. The number of aromatic nitrogens is 4. The Bertz CT molecular complexity index is 2440. The molecule has 2 aromatic carbocycles. The summed E-state index contributed by atoms with van der Waals surface area (Å²) in [4.78, 5) is 71.4. The van der Waals surface area contributed by atoms with E-state index in [-0.39, 0.29) is 23.7 Å². The second kappa shape index (κ2) is 16.9. The van der Waals surface area contributed by atoms with E-state index >= 15 is 8.78 Å². The number of hydrogen-bond donors (Lipinski definition) is 4. The number of fused-ring (bicyclic) bond motifs is 5. The number of aromatic amines is 2. The number of halogens is 4. The lowest BCUT2D eigenvalue weighted by Gasteiger charge is -2.29. The van der Waals surface area contributed by atoms with Gasteiger partial charge in [-0.2, -0.15) is 0 Å². The lowest BCUT2D eigenvalue weighted by Crippen LogP contribution is -2.51. The lowest BCUT2D eigenvalue weighted by atomic mass is 9.82. The Hall–Kier alpha value is -5.98. The van der Waals surface area contributed by atoms with Crippen molar-refractivity contribution in [1.29, 1.82) is 0 Å². The highest BCUT2D eigenvalue weighted by Gasteiger charge is 2.52. The first-order chi connectivity index (χ1) is 30.3. The third-order valence-corrected chi connectivity index (χ3v) is 13.2. The van der Waals surface area contributed by atoms with E-state index in [1.54, 1.807) is 40.1 Å². The van der Waals surface area contributed by atoms with Gasteiger partial charge in [-0.05, 0) is 59.5 Å². The SMILES string of the molecule is COC(=O)N[C@H](C(=O)N1CC(F)(F)CC1c1ncc(-c2ccc(-c3ccc(-c4cnc([C@@H]5CC(F)(F)CN5C(=O)[C@@H](NC(=O)OC)C(C)C)[nH]4)cc3)c3c2C2CCC3N2C)[nH]1)C(C)C. The highest BCUT2D eigenvalue weighted by Crippen LogP contribution is 2.57. The molecule has 0 spiro atoms. The molecular formula is C45H53F4N9O6. The van der Waals surface area contributed by atoms with Crippen molar-refractivity contribution < 1.29 is 46.2 Å². The van der Waals surface area contributed by atoms with Crippen LogP contribution in [0.3, 0.4) is 0 Å². The summed E-state index contributed by atoms with van der Waals surface area (Å²) in [5.74, 6) is -8.00. The second-order valence-corrected chi connectivity index (χ2v) is 18.0. The van der Waals surface area contributed by atoms with Crippen LogP contribution in [0.2, 0.25) is 0 Å². The summed E-state index contributed by atoms with van der Waals surface area (Å²) >= 11 is 0. The molecule has 2 aromatic heterocycles. The van der Waals surface area contributed by atoms with Gasteiger partial charge in [-0.25, -0.2) is 37.1 Å². The molecule has 4 N–H and O–H groups in total. The number of alkyl carbamates (subject to hydrolysis) is 2. The molecule has 2 bridgehead atoms. The van der Waals surface area contributed by atoms with E-state index in [0.29, 0.717) is 11.4 Å². The number of carbonyl (C=O) groups is 4. The highest BCUT2D eigenvalue weighted by atomic mass is 19.3. The number of hydrogen-bond acceptors (Lipinski definition) is 9. The van der Waals surface area contributed by atoms with E-state index < -0.39 is 97.8 Å². The predicted molar refractivity (Wildman–Crippen MR) is 226 cm³/mol. The van der Waals surface area contributed by atoms with Crippen LogP contribution in [0.25, 0.3) is 33.6 Å². The Balaban J connectivity index is 1.06. The topological polar surface area (TPSA) is 178 Å². The van der Waals surface area contributed by atoms with Crippen molar-refractivity contribution in [3.05, 3.63) is 71.6 Å². The normalized spacial score (nSPS) is 23.1. The quantitative estimate of drug-likeness (QED) is 0.111. The molecule has 0 saturated carbocycles. The fraction of sp³-hybridized carbons (Fsp3) is 0.511. The molecular weight excluding hydrogens is 839 g/mol. The molecule has 15 nitrogen and oxygen atoms in total. The van der Waals surface area contributed by atoms with E-state index in [9.17, 15) is 28.0 Å². The summed E-state index contributed by atoms with van der Waals surface area (Å²) in [6.07, 6.45) is 2.14. The zero-order chi connectivity index (χ0) is 46.0. The van der Waals surface area contributed by atoms with Crippen LogP contribution in [0.5, 0.6) is 0 Å². The summed E-state index contributed by atoms with van der Waals surface area (Å²) in [5, 5.41) is 4.97. The summed E-state index contributed by atoms with van der Waals surface area (Å²) < 4.78 is 69.4. The minimum Gasteiger partial charge on any atom is -0.453 e. The number of carbonyl (C=O) groups excluding carboxylic acids is 4. The number of nitrogens with zero attached hydrogens (tertiary/aromatic N) is 5. The molecule has 0 aliphatic carbocycles. The van der Waals surface area contributed by atoms with Crippen LogP contribution < -0.4 is 10.6 Å². The Morgan fingerprint density at radius 1 is 0.656 bits per heavy atom. The molecule has 4 aliphatic rings. The first kappa shape index (κ1) is 44.6. The lowest BCUT2D eigenvalue weighted by molar-refractivity contribution is -0.137. The fourth-order valence-corrected chi connectivity index (χ4v) is 9.94. The van der Waals surface area contributed by atoms with Crippen molar-refractivity contribution in [2.75, 3.05) is 34.4 Å². The third kappa shape index (κ3) is 8.18. The van der Waals surface area contributed by atoms with Crippen LogP contribution in [0.15, 0.2) is 48.8 Å². The predicted octanol–water partition coefficient (Wildman–Crippen LogP) is 7.53. The van der Waals surface area contributed by atoms with Crippen LogP contribution in [0.4, 0.5) is 27.2 Å². The Kier molecular flexibility index (Phi) is 11.8. The number of likely N-dealkylation sites (tertiary alicyclic amines) is 2. The van der Waals surface area contributed by atoms with Gasteiger partial charge in [0.1, 0.15) is 23.7 Å². The van der Waals surface area contributed by atoms with Crippen molar-refractivity contribution in [3.8, 4) is 33.6 Å². The number of methoxy groups -OCH3 is 2. The molecule has 4 amide bonds. The summed E-state index contributed by atoms with van der Waals surface area (Å²) in [7, 11) is 4.43. The maximum atomic E-state index is 15.1. The van der Waals surface area contributed by atoms with Crippen LogP contribution in [-0.2, 0) is 19.1 Å². The number of ether oxygens (including phenoxy) is 2. The van der Waals surface area contributed by atoms with Crippen molar-refractivity contribution in [1.82, 2.24) is 45.3 Å². The number of nitrogens with one attached hydrogen (secondary N) is 4. The van der Waals surface area contributed by atoms with Crippen molar-refractivity contribution in [3.63, 3.8) is 0 Å². The molecule has 0 radical (unpaired) electrons. The van der Waals surface area contributed by atoms with Gasteiger partial charge < -0.3 is 39.9 Å². The molecule has 3 saturated heterocycles. The number of benzene rings is 2. The minimum absolute atomic E-state index is 0.107. The van der Waals surface area contributed by atoms with Crippen LogP contribution in [0, 0.1) is 11.8 Å². The molecule has 3 unspecified atom stereocenters. The van der Waals surface area contributed by atoms with Crippen molar-refractivity contribution in [2.45, 2.75) is 101 Å². The van der Waals surface area contributed by atoms with Gasteiger partial charge in [-0.15, -0.1) is 0 Å². The molecule has 6 atom stereocenters. The molecule has 3 fully saturated rings. The molecule has 64 heavy (non-hydrogen) atoms. The average molecular weight is 892 g/mol. The number of H-pyrrole nitrogens is 2. The van der Waals surface area contributed by atoms with Crippen LogP contribution in [-0.4, -0.2) is 117 Å². The zero-order valence-electron chi connectivity index (χ0n) is 36.7. The summed E-state index contributed by atoms with van der Waals surface area (Å²) in [5.41, 5.74) is 7.11. The van der Waals surface area contributed by atoms with Gasteiger partial charge in [-0.3, -0.25) is 14.5 Å². The monoisotopic (exact) mass is 891 g/mol. The third-order valence-electron chi connectivity index (χ3n) is 13.2. The Labute approximate surface area is 367 Å². The molecule has 8 rings (SSSR count). The molecule has 4 aliphatic heterocycles. The van der Waals surface area contributed by atoms with Gasteiger partial charge in [-0.1, -0.05) is 64.1 Å². The van der Waals surface area contributed by atoms with E-state index in [2.05, 4.69) is 47.3 Å². The maximum Gasteiger partial charge on any atom is 0.407 e. The Morgan fingerprint density at radius 3 is 1.55 bits per heavy atom. The molecule has 4 aromatic rings. The summed E-state index contributed by atoms with van der Waals surface area (Å²) in [6, 6.07) is 7.84. The van der Waals surface area contributed by atoms with E-state index in [1.165, 1.54) is 7.11 Å². The van der Waals surface area contributed by atoms with Gasteiger partial charge >= 0.3 is 12.2 Å².